The smallest absolute Gasteiger partial charge is 0.143 e. The van der Waals surface area contributed by atoms with Gasteiger partial charge in [-0.3, -0.25) is 0 Å². The average molecular weight is 320 g/mol. The van der Waals surface area contributed by atoms with Crippen LogP contribution in [-0.4, -0.2) is 9.55 Å². The minimum absolute atomic E-state index is 0.235. The summed E-state index contributed by atoms with van der Waals surface area (Å²) in [7, 11) is 0. The van der Waals surface area contributed by atoms with Crippen molar-refractivity contribution in [1.82, 2.24) is 9.55 Å². The number of nitrogen functional groups attached to an aromatic ring is 1. The summed E-state index contributed by atoms with van der Waals surface area (Å²) in [5.74, 6) is 0.830. The number of benzene rings is 2. The first-order valence-electron chi connectivity index (χ1n) is 6.70. The quantitative estimate of drug-likeness (QED) is 0.662. The molecule has 1 heterocycles. The lowest BCUT2D eigenvalue weighted by Crippen LogP contribution is -2.04. The molecule has 0 fully saturated rings. The zero-order valence-corrected chi connectivity index (χ0v) is 13.3. The molecule has 0 saturated carbocycles. The SMILES string of the molecule is CC(C)n1c(-c2ccc(Cl)cc2N)nc2ccc(Cl)cc21. The van der Waals surface area contributed by atoms with E-state index in [4.69, 9.17) is 33.9 Å². The first kappa shape index (κ1) is 14.2. The predicted molar refractivity (Wildman–Crippen MR) is 90.0 cm³/mol. The number of hydrogen-bond acceptors (Lipinski definition) is 2. The maximum Gasteiger partial charge on any atom is 0.143 e. The molecule has 0 atom stereocenters. The van der Waals surface area contributed by atoms with Gasteiger partial charge < -0.3 is 10.3 Å². The molecule has 0 aliphatic carbocycles. The van der Waals surface area contributed by atoms with E-state index in [0.717, 1.165) is 22.4 Å². The maximum atomic E-state index is 6.12. The van der Waals surface area contributed by atoms with Gasteiger partial charge in [0.15, 0.2) is 0 Å². The van der Waals surface area contributed by atoms with E-state index in [2.05, 4.69) is 18.4 Å². The number of nitrogens with two attached hydrogens (primary N) is 1. The third-order valence-corrected chi connectivity index (χ3v) is 3.89. The van der Waals surface area contributed by atoms with Crippen LogP contribution < -0.4 is 5.73 Å². The molecule has 0 radical (unpaired) electrons. The molecule has 0 unspecified atom stereocenters. The number of nitrogens with zero attached hydrogens (tertiary/aromatic N) is 2. The topological polar surface area (TPSA) is 43.8 Å². The molecule has 0 spiro atoms. The first-order valence-corrected chi connectivity index (χ1v) is 7.46. The van der Waals surface area contributed by atoms with Gasteiger partial charge in [-0.1, -0.05) is 23.2 Å². The molecule has 0 amide bonds. The van der Waals surface area contributed by atoms with E-state index in [1.807, 2.05) is 30.3 Å². The molecular formula is C16H15Cl2N3. The van der Waals surface area contributed by atoms with E-state index in [1.54, 1.807) is 6.07 Å². The maximum absolute atomic E-state index is 6.12. The van der Waals surface area contributed by atoms with Gasteiger partial charge in [-0.25, -0.2) is 4.98 Å². The van der Waals surface area contributed by atoms with Crippen molar-refractivity contribution in [2.24, 2.45) is 0 Å². The highest BCUT2D eigenvalue weighted by molar-refractivity contribution is 6.31. The van der Waals surface area contributed by atoms with Crippen molar-refractivity contribution in [1.29, 1.82) is 0 Å². The first-order chi connectivity index (χ1) is 9.97. The van der Waals surface area contributed by atoms with Crippen LogP contribution in [0.4, 0.5) is 5.69 Å². The molecule has 21 heavy (non-hydrogen) atoms. The Kier molecular flexibility index (Phi) is 3.56. The number of rotatable bonds is 2. The van der Waals surface area contributed by atoms with Gasteiger partial charge in [0.1, 0.15) is 5.82 Å². The van der Waals surface area contributed by atoms with Gasteiger partial charge in [-0.05, 0) is 50.2 Å². The predicted octanol–water partition coefficient (Wildman–Crippen LogP) is 5.17. The van der Waals surface area contributed by atoms with Gasteiger partial charge in [-0.15, -0.1) is 0 Å². The molecule has 3 nitrogen and oxygen atoms in total. The summed E-state index contributed by atoms with van der Waals surface area (Å²) >= 11 is 12.1. The zero-order chi connectivity index (χ0) is 15.1. The molecule has 0 saturated heterocycles. The number of imidazole rings is 1. The van der Waals surface area contributed by atoms with E-state index < -0.39 is 0 Å². The van der Waals surface area contributed by atoms with Crippen molar-refractivity contribution in [3.05, 3.63) is 46.4 Å². The lowest BCUT2D eigenvalue weighted by atomic mass is 10.1. The number of halogens is 2. The van der Waals surface area contributed by atoms with Crippen LogP contribution in [0.15, 0.2) is 36.4 Å². The van der Waals surface area contributed by atoms with Crippen molar-refractivity contribution in [2.45, 2.75) is 19.9 Å². The Morgan fingerprint density at radius 1 is 1.05 bits per heavy atom. The fourth-order valence-corrected chi connectivity index (χ4v) is 2.86. The lowest BCUT2D eigenvalue weighted by molar-refractivity contribution is 0.624. The van der Waals surface area contributed by atoms with Gasteiger partial charge in [0.2, 0.25) is 0 Å². The number of hydrogen-bond donors (Lipinski definition) is 1. The van der Waals surface area contributed by atoms with Crippen LogP contribution in [-0.2, 0) is 0 Å². The van der Waals surface area contributed by atoms with Crippen molar-refractivity contribution < 1.29 is 0 Å². The van der Waals surface area contributed by atoms with E-state index in [9.17, 15) is 0 Å². The second-order valence-electron chi connectivity index (χ2n) is 5.26. The molecule has 2 aromatic carbocycles. The number of anilines is 1. The molecule has 0 aliphatic heterocycles. The Bertz CT molecular complexity index is 822. The standard InChI is InChI=1S/C16H15Cl2N3/c1-9(2)21-15-8-11(18)4-6-14(15)20-16(21)12-5-3-10(17)7-13(12)19/h3-9H,19H2,1-2H3. The van der Waals surface area contributed by atoms with Gasteiger partial charge in [0.05, 0.1) is 11.0 Å². The third kappa shape index (κ3) is 2.47. The van der Waals surface area contributed by atoms with Gasteiger partial charge in [0.25, 0.3) is 0 Å². The molecule has 1 aromatic heterocycles. The monoisotopic (exact) mass is 319 g/mol. The summed E-state index contributed by atoms with van der Waals surface area (Å²) in [6.07, 6.45) is 0. The van der Waals surface area contributed by atoms with E-state index in [0.29, 0.717) is 15.7 Å². The molecule has 108 valence electrons. The number of fused-ring (bicyclic) bond motifs is 1. The van der Waals surface area contributed by atoms with Crippen molar-refractivity contribution >= 4 is 39.9 Å². The Hall–Kier alpha value is -1.71. The summed E-state index contributed by atoms with van der Waals surface area (Å²) in [5.41, 5.74) is 9.50. The Balaban J connectivity index is 2.34. The summed E-state index contributed by atoms with van der Waals surface area (Å²) in [6.45, 7) is 4.22. The van der Waals surface area contributed by atoms with E-state index >= 15 is 0 Å². The summed E-state index contributed by atoms with van der Waals surface area (Å²) in [6, 6.07) is 11.4. The Morgan fingerprint density at radius 2 is 1.71 bits per heavy atom. The van der Waals surface area contributed by atoms with Crippen LogP contribution in [0.5, 0.6) is 0 Å². The van der Waals surface area contributed by atoms with Gasteiger partial charge in [0, 0.05) is 27.3 Å². The van der Waals surface area contributed by atoms with Gasteiger partial charge in [-0.2, -0.15) is 0 Å². The highest BCUT2D eigenvalue weighted by Crippen LogP contribution is 2.33. The zero-order valence-electron chi connectivity index (χ0n) is 11.8. The highest BCUT2D eigenvalue weighted by atomic mass is 35.5. The summed E-state index contributed by atoms with van der Waals surface area (Å²) < 4.78 is 2.14. The highest BCUT2D eigenvalue weighted by Gasteiger charge is 2.17. The summed E-state index contributed by atoms with van der Waals surface area (Å²) in [5, 5.41) is 1.31. The molecule has 3 aromatic rings. The molecule has 3 rings (SSSR count). The average Bonchev–Trinajstić information content (AvgIpc) is 2.76. The largest absolute Gasteiger partial charge is 0.398 e. The molecule has 5 heteroatoms. The molecular weight excluding hydrogens is 305 g/mol. The van der Waals surface area contributed by atoms with Crippen LogP contribution in [0, 0.1) is 0 Å². The van der Waals surface area contributed by atoms with Crippen LogP contribution >= 0.6 is 23.2 Å². The van der Waals surface area contributed by atoms with E-state index in [1.165, 1.54) is 0 Å². The number of aromatic nitrogens is 2. The minimum Gasteiger partial charge on any atom is -0.398 e. The van der Waals surface area contributed by atoms with Crippen LogP contribution in [0.1, 0.15) is 19.9 Å². The second-order valence-corrected chi connectivity index (χ2v) is 6.14. The third-order valence-electron chi connectivity index (χ3n) is 3.42. The fourth-order valence-electron chi connectivity index (χ4n) is 2.52. The molecule has 0 aliphatic rings. The van der Waals surface area contributed by atoms with Gasteiger partial charge >= 0.3 is 0 Å². The fraction of sp³-hybridized carbons (Fsp3) is 0.188. The second kappa shape index (κ2) is 5.24. The normalized spacial score (nSPS) is 11.5. The summed E-state index contributed by atoms with van der Waals surface area (Å²) in [4.78, 5) is 4.72. The van der Waals surface area contributed by atoms with Crippen LogP contribution in [0.2, 0.25) is 10.0 Å². The Morgan fingerprint density at radius 3 is 2.38 bits per heavy atom. The van der Waals surface area contributed by atoms with Crippen molar-refractivity contribution in [2.75, 3.05) is 5.73 Å². The van der Waals surface area contributed by atoms with Crippen LogP contribution in [0.3, 0.4) is 0 Å². The molecule has 0 bridgehead atoms. The van der Waals surface area contributed by atoms with Crippen molar-refractivity contribution in [3.63, 3.8) is 0 Å². The lowest BCUT2D eigenvalue weighted by Gasteiger charge is -2.14. The molecule has 2 N–H and O–H groups in total. The minimum atomic E-state index is 0.235. The Labute approximate surface area is 133 Å². The van der Waals surface area contributed by atoms with E-state index in [-0.39, 0.29) is 6.04 Å². The van der Waals surface area contributed by atoms with Crippen LogP contribution in [0.25, 0.3) is 22.4 Å². The van der Waals surface area contributed by atoms with Crippen molar-refractivity contribution in [3.8, 4) is 11.4 Å².